The van der Waals surface area contributed by atoms with E-state index in [1.807, 2.05) is 13.0 Å². The number of aryl methyl sites for hydroxylation is 1. The zero-order valence-electron chi connectivity index (χ0n) is 12.0. The van der Waals surface area contributed by atoms with Crippen LogP contribution in [0.4, 0.5) is 0 Å². The lowest BCUT2D eigenvalue weighted by Gasteiger charge is -2.19. The van der Waals surface area contributed by atoms with Crippen LogP contribution in [0.2, 0.25) is 0 Å². The van der Waals surface area contributed by atoms with Gasteiger partial charge < -0.3 is 19.9 Å². The summed E-state index contributed by atoms with van der Waals surface area (Å²) in [4.78, 5) is 0. The third-order valence-corrected chi connectivity index (χ3v) is 3.51. The Morgan fingerprint density at radius 2 is 1.95 bits per heavy atom. The number of ether oxygens (including phenoxy) is 3. The summed E-state index contributed by atoms with van der Waals surface area (Å²) >= 11 is 0. The van der Waals surface area contributed by atoms with Crippen molar-refractivity contribution >= 4 is 0 Å². The SMILES string of the molecule is COc1cc(C)c(CCN)c(OC)c1OCC1CC1. The minimum Gasteiger partial charge on any atom is -0.493 e. The van der Waals surface area contributed by atoms with E-state index in [0.29, 0.717) is 18.2 Å². The number of nitrogens with two attached hydrogens (primary N) is 1. The molecule has 2 rings (SSSR count). The molecule has 1 saturated carbocycles. The van der Waals surface area contributed by atoms with Gasteiger partial charge in [0.1, 0.15) is 0 Å². The van der Waals surface area contributed by atoms with E-state index in [4.69, 9.17) is 19.9 Å². The first-order valence-corrected chi connectivity index (χ1v) is 6.78. The van der Waals surface area contributed by atoms with Gasteiger partial charge in [-0.3, -0.25) is 0 Å². The topological polar surface area (TPSA) is 53.7 Å². The lowest BCUT2D eigenvalue weighted by atomic mass is 10.0. The molecule has 0 atom stereocenters. The monoisotopic (exact) mass is 265 g/mol. The standard InChI is InChI=1S/C15H23NO3/c1-10-8-13(17-2)15(19-9-11-4-5-11)14(18-3)12(10)6-7-16/h8,11H,4-7,9,16H2,1-3H3. The molecule has 0 saturated heterocycles. The lowest BCUT2D eigenvalue weighted by molar-refractivity contribution is 0.262. The van der Waals surface area contributed by atoms with Crippen molar-refractivity contribution in [2.75, 3.05) is 27.4 Å². The number of benzene rings is 1. The van der Waals surface area contributed by atoms with Crippen LogP contribution >= 0.6 is 0 Å². The van der Waals surface area contributed by atoms with Crippen molar-refractivity contribution < 1.29 is 14.2 Å². The van der Waals surface area contributed by atoms with Crippen molar-refractivity contribution in [3.05, 3.63) is 17.2 Å². The highest BCUT2D eigenvalue weighted by Gasteiger charge is 2.25. The summed E-state index contributed by atoms with van der Waals surface area (Å²) < 4.78 is 16.9. The van der Waals surface area contributed by atoms with E-state index < -0.39 is 0 Å². The third-order valence-electron chi connectivity index (χ3n) is 3.51. The quantitative estimate of drug-likeness (QED) is 0.822. The Bertz CT molecular complexity index is 442. The summed E-state index contributed by atoms with van der Waals surface area (Å²) in [5, 5.41) is 0. The zero-order chi connectivity index (χ0) is 13.8. The molecule has 1 aromatic rings. The maximum atomic E-state index is 5.93. The highest BCUT2D eigenvalue weighted by Crippen LogP contribution is 2.43. The average molecular weight is 265 g/mol. The molecule has 0 bridgehead atoms. The molecule has 0 spiro atoms. The van der Waals surface area contributed by atoms with Gasteiger partial charge in [-0.2, -0.15) is 0 Å². The molecule has 1 fully saturated rings. The van der Waals surface area contributed by atoms with E-state index in [9.17, 15) is 0 Å². The summed E-state index contributed by atoms with van der Waals surface area (Å²) in [6.07, 6.45) is 3.29. The molecule has 0 aromatic heterocycles. The highest BCUT2D eigenvalue weighted by atomic mass is 16.5. The highest BCUT2D eigenvalue weighted by molar-refractivity contribution is 5.59. The summed E-state index contributed by atoms with van der Waals surface area (Å²) in [5.74, 6) is 2.90. The normalized spacial score (nSPS) is 14.3. The first kappa shape index (κ1) is 14.0. The van der Waals surface area contributed by atoms with E-state index in [1.54, 1.807) is 14.2 Å². The van der Waals surface area contributed by atoms with Gasteiger partial charge in [0.05, 0.1) is 20.8 Å². The maximum Gasteiger partial charge on any atom is 0.203 e. The van der Waals surface area contributed by atoms with Crippen LogP contribution in [-0.4, -0.2) is 27.4 Å². The molecule has 0 unspecified atom stereocenters. The average Bonchev–Trinajstić information content (AvgIpc) is 3.23. The molecule has 0 aliphatic heterocycles. The fraction of sp³-hybridized carbons (Fsp3) is 0.600. The second-order valence-corrected chi connectivity index (χ2v) is 5.03. The molecule has 2 N–H and O–H groups in total. The second-order valence-electron chi connectivity index (χ2n) is 5.03. The molecule has 4 heteroatoms. The molecule has 1 aromatic carbocycles. The first-order valence-electron chi connectivity index (χ1n) is 6.78. The van der Waals surface area contributed by atoms with Gasteiger partial charge in [-0.25, -0.2) is 0 Å². The smallest absolute Gasteiger partial charge is 0.203 e. The Kier molecular flexibility index (Phi) is 4.53. The van der Waals surface area contributed by atoms with Crippen molar-refractivity contribution in [1.82, 2.24) is 0 Å². The van der Waals surface area contributed by atoms with Crippen LogP contribution in [0.25, 0.3) is 0 Å². The van der Waals surface area contributed by atoms with Crippen molar-refractivity contribution in [3.63, 3.8) is 0 Å². The zero-order valence-corrected chi connectivity index (χ0v) is 12.0. The van der Waals surface area contributed by atoms with Crippen LogP contribution < -0.4 is 19.9 Å². The summed E-state index contributed by atoms with van der Waals surface area (Å²) in [6, 6.07) is 2.00. The number of methoxy groups -OCH3 is 2. The fourth-order valence-electron chi connectivity index (χ4n) is 2.22. The lowest BCUT2D eigenvalue weighted by Crippen LogP contribution is -2.09. The molecular weight excluding hydrogens is 242 g/mol. The van der Waals surface area contributed by atoms with Crippen LogP contribution in [-0.2, 0) is 6.42 Å². The van der Waals surface area contributed by atoms with E-state index in [-0.39, 0.29) is 0 Å². The molecule has 0 radical (unpaired) electrons. The second kappa shape index (κ2) is 6.15. The van der Waals surface area contributed by atoms with Gasteiger partial charge in [-0.1, -0.05) is 0 Å². The summed E-state index contributed by atoms with van der Waals surface area (Å²) in [5.41, 5.74) is 7.91. The van der Waals surface area contributed by atoms with Gasteiger partial charge in [-0.05, 0) is 50.3 Å². The van der Waals surface area contributed by atoms with Crippen LogP contribution in [0.5, 0.6) is 17.2 Å². The van der Waals surface area contributed by atoms with Crippen LogP contribution in [0, 0.1) is 12.8 Å². The van der Waals surface area contributed by atoms with Crippen LogP contribution in [0.1, 0.15) is 24.0 Å². The molecule has 106 valence electrons. The van der Waals surface area contributed by atoms with Crippen molar-refractivity contribution in [1.29, 1.82) is 0 Å². The van der Waals surface area contributed by atoms with Gasteiger partial charge >= 0.3 is 0 Å². The molecular formula is C15H23NO3. The van der Waals surface area contributed by atoms with Crippen LogP contribution in [0.15, 0.2) is 6.07 Å². The summed E-state index contributed by atoms with van der Waals surface area (Å²) in [6.45, 7) is 3.37. The maximum absolute atomic E-state index is 5.93. The third kappa shape index (κ3) is 3.13. The molecule has 0 amide bonds. The van der Waals surface area contributed by atoms with Gasteiger partial charge in [0.25, 0.3) is 0 Å². The first-order chi connectivity index (χ1) is 9.21. The molecule has 1 aliphatic carbocycles. The van der Waals surface area contributed by atoms with E-state index in [1.165, 1.54) is 12.8 Å². The fourth-order valence-corrected chi connectivity index (χ4v) is 2.22. The largest absolute Gasteiger partial charge is 0.493 e. The molecule has 4 nitrogen and oxygen atoms in total. The van der Waals surface area contributed by atoms with Gasteiger partial charge in [0.2, 0.25) is 5.75 Å². The van der Waals surface area contributed by atoms with Crippen LogP contribution in [0.3, 0.4) is 0 Å². The van der Waals surface area contributed by atoms with Gasteiger partial charge in [-0.15, -0.1) is 0 Å². The summed E-state index contributed by atoms with van der Waals surface area (Å²) in [7, 11) is 3.32. The number of rotatable bonds is 7. The Morgan fingerprint density at radius 3 is 2.47 bits per heavy atom. The van der Waals surface area contributed by atoms with E-state index >= 15 is 0 Å². The number of hydrogen-bond acceptors (Lipinski definition) is 4. The minimum absolute atomic E-state index is 0.589. The Balaban J connectivity index is 2.36. The van der Waals surface area contributed by atoms with Crippen molar-refractivity contribution in [3.8, 4) is 17.2 Å². The number of hydrogen-bond donors (Lipinski definition) is 1. The Morgan fingerprint density at radius 1 is 1.21 bits per heavy atom. The van der Waals surface area contributed by atoms with Gasteiger partial charge in [0, 0.05) is 5.56 Å². The molecule has 19 heavy (non-hydrogen) atoms. The van der Waals surface area contributed by atoms with Crippen molar-refractivity contribution in [2.24, 2.45) is 11.7 Å². The molecule has 0 heterocycles. The molecule has 1 aliphatic rings. The minimum atomic E-state index is 0.589. The van der Waals surface area contributed by atoms with E-state index in [0.717, 1.165) is 35.7 Å². The van der Waals surface area contributed by atoms with Crippen molar-refractivity contribution in [2.45, 2.75) is 26.2 Å². The van der Waals surface area contributed by atoms with Gasteiger partial charge in [0.15, 0.2) is 11.5 Å². The Hall–Kier alpha value is -1.42. The Labute approximate surface area is 114 Å². The van der Waals surface area contributed by atoms with E-state index in [2.05, 4.69) is 0 Å². The predicted octanol–water partition coefficient (Wildman–Crippen LogP) is 2.30. The predicted molar refractivity (Wildman–Crippen MR) is 75.3 cm³/mol.